The Labute approximate surface area is 84.0 Å². The Balaban J connectivity index is 2.27. The summed E-state index contributed by atoms with van der Waals surface area (Å²) in [5, 5.41) is 2.66. The van der Waals surface area contributed by atoms with Crippen LogP contribution in [0.15, 0.2) is 0 Å². The van der Waals surface area contributed by atoms with Crippen molar-refractivity contribution >= 4 is 6.09 Å². The highest BCUT2D eigenvalue weighted by atomic mass is 19.1. The van der Waals surface area contributed by atoms with Crippen molar-refractivity contribution < 1.29 is 13.9 Å². The van der Waals surface area contributed by atoms with Crippen molar-refractivity contribution in [1.82, 2.24) is 5.32 Å². The normalized spacial score (nSPS) is 27.4. The molecule has 0 bridgehead atoms. The van der Waals surface area contributed by atoms with Crippen molar-refractivity contribution in [3.63, 3.8) is 0 Å². The van der Waals surface area contributed by atoms with E-state index in [4.69, 9.17) is 4.74 Å². The van der Waals surface area contributed by atoms with Gasteiger partial charge in [-0.25, -0.2) is 9.18 Å². The number of carbonyl (C=O) groups excluding carboxylic acids is 1. The molecule has 1 amide bonds. The molecule has 0 aromatic heterocycles. The molecule has 0 aromatic carbocycles. The fourth-order valence-corrected chi connectivity index (χ4v) is 1.53. The van der Waals surface area contributed by atoms with Gasteiger partial charge in [0.05, 0.1) is 0 Å². The molecule has 1 saturated carbocycles. The highest BCUT2D eigenvalue weighted by Gasteiger charge is 2.27. The summed E-state index contributed by atoms with van der Waals surface area (Å²) in [7, 11) is 0. The zero-order chi connectivity index (χ0) is 10.8. The summed E-state index contributed by atoms with van der Waals surface area (Å²) in [6, 6.07) is -0.0557. The lowest BCUT2D eigenvalue weighted by molar-refractivity contribution is 0.0504. The van der Waals surface area contributed by atoms with E-state index in [1.807, 2.05) is 0 Å². The fraction of sp³-hybridized carbons (Fsp3) is 0.900. The first-order valence-electron chi connectivity index (χ1n) is 5.00. The van der Waals surface area contributed by atoms with Crippen molar-refractivity contribution in [3.05, 3.63) is 0 Å². The molecule has 14 heavy (non-hydrogen) atoms. The number of alkyl halides is 1. The van der Waals surface area contributed by atoms with Crippen molar-refractivity contribution in [2.45, 2.75) is 57.8 Å². The molecule has 2 atom stereocenters. The average Bonchev–Trinajstić information content (AvgIpc) is 2.30. The van der Waals surface area contributed by atoms with Crippen LogP contribution in [-0.4, -0.2) is 23.9 Å². The van der Waals surface area contributed by atoms with Crippen molar-refractivity contribution in [2.75, 3.05) is 0 Å². The minimum Gasteiger partial charge on any atom is -0.444 e. The zero-order valence-electron chi connectivity index (χ0n) is 8.97. The Kier molecular flexibility index (Phi) is 3.34. The van der Waals surface area contributed by atoms with Gasteiger partial charge in [0.25, 0.3) is 0 Å². The van der Waals surface area contributed by atoms with E-state index in [1.165, 1.54) is 0 Å². The van der Waals surface area contributed by atoms with Crippen molar-refractivity contribution in [2.24, 2.45) is 0 Å². The van der Waals surface area contributed by atoms with Crippen LogP contribution in [0.3, 0.4) is 0 Å². The smallest absolute Gasteiger partial charge is 0.407 e. The molecular weight excluding hydrogens is 185 g/mol. The van der Waals surface area contributed by atoms with Crippen LogP contribution in [0, 0.1) is 0 Å². The molecule has 0 unspecified atom stereocenters. The molecule has 1 aliphatic rings. The summed E-state index contributed by atoms with van der Waals surface area (Å²) in [5.41, 5.74) is -0.488. The lowest BCUT2D eigenvalue weighted by Crippen LogP contribution is -2.38. The number of hydrogen-bond donors (Lipinski definition) is 1. The van der Waals surface area contributed by atoms with Crippen LogP contribution < -0.4 is 5.32 Å². The molecule has 1 N–H and O–H groups in total. The van der Waals surface area contributed by atoms with Gasteiger partial charge in [0.2, 0.25) is 0 Å². The van der Waals surface area contributed by atoms with Gasteiger partial charge < -0.3 is 10.1 Å². The molecule has 1 rings (SSSR count). The van der Waals surface area contributed by atoms with Gasteiger partial charge in [-0.05, 0) is 40.0 Å². The van der Waals surface area contributed by atoms with Crippen LogP contribution in [0.4, 0.5) is 9.18 Å². The highest BCUT2D eigenvalue weighted by Crippen LogP contribution is 2.22. The Bertz CT molecular complexity index is 213. The molecule has 0 radical (unpaired) electrons. The standard InChI is InChI=1S/C10H18FNO2/c1-10(2,3)14-9(13)12-8-5-4-7(11)6-8/h7-8H,4-6H2,1-3H3,(H,12,13)/t7-,8-/m0/s1. The number of alkyl carbamates (subject to hydrolysis) is 1. The minimum absolute atomic E-state index is 0.0557. The molecule has 82 valence electrons. The van der Waals surface area contributed by atoms with Gasteiger partial charge in [-0.1, -0.05) is 0 Å². The predicted molar refractivity (Wildman–Crippen MR) is 51.9 cm³/mol. The molecule has 0 saturated heterocycles. The molecular formula is C10H18FNO2. The topological polar surface area (TPSA) is 38.3 Å². The van der Waals surface area contributed by atoms with Gasteiger partial charge in [-0.2, -0.15) is 0 Å². The van der Waals surface area contributed by atoms with Crippen LogP contribution in [0.1, 0.15) is 40.0 Å². The summed E-state index contributed by atoms with van der Waals surface area (Å²) in [6.07, 6.45) is 0.451. The van der Waals surface area contributed by atoms with Crippen molar-refractivity contribution in [1.29, 1.82) is 0 Å². The number of hydrogen-bond acceptors (Lipinski definition) is 2. The molecule has 0 aliphatic heterocycles. The van der Waals surface area contributed by atoms with Gasteiger partial charge in [-0.15, -0.1) is 0 Å². The maximum absolute atomic E-state index is 12.8. The molecule has 3 nitrogen and oxygen atoms in total. The van der Waals surface area contributed by atoms with E-state index in [9.17, 15) is 9.18 Å². The molecule has 0 spiro atoms. The lowest BCUT2D eigenvalue weighted by atomic mass is 10.2. The van der Waals surface area contributed by atoms with E-state index in [1.54, 1.807) is 20.8 Å². The van der Waals surface area contributed by atoms with Gasteiger partial charge in [-0.3, -0.25) is 0 Å². The van der Waals surface area contributed by atoms with Crippen LogP contribution in [0.2, 0.25) is 0 Å². The lowest BCUT2D eigenvalue weighted by Gasteiger charge is -2.21. The number of rotatable bonds is 1. The molecule has 1 aliphatic carbocycles. The van der Waals surface area contributed by atoms with E-state index in [2.05, 4.69) is 5.32 Å². The highest BCUT2D eigenvalue weighted by molar-refractivity contribution is 5.68. The molecule has 0 aromatic rings. The van der Waals surface area contributed by atoms with E-state index >= 15 is 0 Å². The van der Waals surface area contributed by atoms with Crippen LogP contribution in [0.5, 0.6) is 0 Å². The zero-order valence-corrected chi connectivity index (χ0v) is 8.97. The first-order chi connectivity index (χ1) is 6.37. The third-order valence-electron chi connectivity index (χ3n) is 2.09. The Morgan fingerprint density at radius 1 is 1.43 bits per heavy atom. The number of halogens is 1. The SMILES string of the molecule is CC(C)(C)OC(=O)N[C@H]1CC[C@H](F)C1. The largest absolute Gasteiger partial charge is 0.444 e. The van der Waals surface area contributed by atoms with Gasteiger partial charge in [0.1, 0.15) is 11.8 Å². The number of amides is 1. The Morgan fingerprint density at radius 2 is 2.07 bits per heavy atom. The van der Waals surface area contributed by atoms with Gasteiger partial charge in [0, 0.05) is 6.04 Å². The Hall–Kier alpha value is -0.800. The summed E-state index contributed by atoms with van der Waals surface area (Å²) in [5.74, 6) is 0. The van der Waals surface area contributed by atoms with E-state index in [-0.39, 0.29) is 6.04 Å². The first-order valence-corrected chi connectivity index (χ1v) is 5.00. The second kappa shape index (κ2) is 4.15. The van der Waals surface area contributed by atoms with Crippen molar-refractivity contribution in [3.8, 4) is 0 Å². The van der Waals surface area contributed by atoms with E-state index < -0.39 is 17.9 Å². The second-order valence-corrected chi connectivity index (χ2v) is 4.75. The van der Waals surface area contributed by atoms with Crippen LogP contribution in [-0.2, 0) is 4.74 Å². The second-order valence-electron chi connectivity index (χ2n) is 4.75. The average molecular weight is 203 g/mol. The summed E-state index contributed by atoms with van der Waals surface area (Å²) < 4.78 is 17.8. The molecule has 0 heterocycles. The van der Waals surface area contributed by atoms with Crippen LogP contribution >= 0.6 is 0 Å². The number of ether oxygens (including phenoxy) is 1. The summed E-state index contributed by atoms with van der Waals surface area (Å²) >= 11 is 0. The third-order valence-corrected chi connectivity index (χ3v) is 2.09. The maximum atomic E-state index is 12.8. The number of nitrogens with one attached hydrogen (secondary N) is 1. The van der Waals surface area contributed by atoms with Gasteiger partial charge >= 0.3 is 6.09 Å². The van der Waals surface area contributed by atoms with E-state index in [0.717, 1.165) is 0 Å². The predicted octanol–water partition coefficient (Wildman–Crippen LogP) is 2.40. The molecule has 1 fully saturated rings. The monoisotopic (exact) mass is 203 g/mol. The maximum Gasteiger partial charge on any atom is 0.407 e. The minimum atomic E-state index is -0.769. The van der Waals surface area contributed by atoms with Crippen LogP contribution in [0.25, 0.3) is 0 Å². The quantitative estimate of drug-likeness (QED) is 0.710. The van der Waals surface area contributed by atoms with E-state index in [0.29, 0.717) is 19.3 Å². The fourth-order valence-electron chi connectivity index (χ4n) is 1.53. The third kappa shape index (κ3) is 3.94. The molecule has 4 heteroatoms. The first kappa shape index (κ1) is 11.3. The number of carbonyl (C=O) groups is 1. The summed E-state index contributed by atoms with van der Waals surface area (Å²) in [6.45, 7) is 5.41. The summed E-state index contributed by atoms with van der Waals surface area (Å²) in [4.78, 5) is 11.3. The Morgan fingerprint density at radius 3 is 2.50 bits per heavy atom. The van der Waals surface area contributed by atoms with Gasteiger partial charge in [0.15, 0.2) is 0 Å².